The molecule has 33 heavy (non-hydrogen) atoms. The minimum Gasteiger partial charge on any atom is -0.487 e. The van der Waals surface area contributed by atoms with E-state index in [0.717, 1.165) is 17.0 Å². The molecule has 2 aromatic carbocycles. The summed E-state index contributed by atoms with van der Waals surface area (Å²) in [6.07, 6.45) is 4.22. The van der Waals surface area contributed by atoms with Crippen LogP contribution in [0.2, 0.25) is 0 Å². The second-order valence-corrected chi connectivity index (χ2v) is 9.20. The molecule has 1 aliphatic rings. The molecule has 1 saturated carbocycles. The first-order valence-electron chi connectivity index (χ1n) is 11.5. The number of rotatable bonds is 8. The highest BCUT2D eigenvalue weighted by molar-refractivity contribution is 5.56. The van der Waals surface area contributed by atoms with E-state index in [1.807, 2.05) is 25.1 Å². The SMILES string of the molecule is CCn1nnc(-c2ccc(C(C)(c3ccc(OCc4ccccn4)cc3)C3(C)CC3)cc2)n1. The van der Waals surface area contributed by atoms with Gasteiger partial charge in [-0.3, -0.25) is 4.98 Å². The fraction of sp³-hybridized carbons (Fsp3) is 0.333. The molecule has 0 spiro atoms. The van der Waals surface area contributed by atoms with Gasteiger partial charge in [-0.2, -0.15) is 4.80 Å². The summed E-state index contributed by atoms with van der Waals surface area (Å²) in [7, 11) is 0. The molecule has 0 aliphatic heterocycles. The summed E-state index contributed by atoms with van der Waals surface area (Å²) >= 11 is 0. The first-order valence-corrected chi connectivity index (χ1v) is 11.5. The van der Waals surface area contributed by atoms with E-state index in [-0.39, 0.29) is 10.8 Å². The molecule has 1 unspecified atom stereocenters. The first kappa shape index (κ1) is 21.3. The lowest BCUT2D eigenvalue weighted by molar-refractivity contribution is 0.300. The third kappa shape index (κ3) is 4.01. The van der Waals surface area contributed by atoms with Gasteiger partial charge in [-0.05, 0) is 65.8 Å². The average molecular weight is 440 g/mol. The van der Waals surface area contributed by atoms with Crippen LogP contribution >= 0.6 is 0 Å². The smallest absolute Gasteiger partial charge is 0.204 e. The Morgan fingerprint density at radius 3 is 2.24 bits per heavy atom. The van der Waals surface area contributed by atoms with Crippen molar-refractivity contribution in [1.82, 2.24) is 25.2 Å². The predicted octanol–water partition coefficient (Wildman–Crippen LogP) is 5.44. The fourth-order valence-corrected chi connectivity index (χ4v) is 4.52. The Labute approximate surface area is 194 Å². The van der Waals surface area contributed by atoms with Crippen LogP contribution in [0.15, 0.2) is 72.9 Å². The summed E-state index contributed by atoms with van der Waals surface area (Å²) in [6.45, 7) is 7.94. The summed E-state index contributed by atoms with van der Waals surface area (Å²) in [5, 5.41) is 12.7. The van der Waals surface area contributed by atoms with E-state index in [4.69, 9.17) is 4.74 Å². The number of aryl methyl sites for hydroxylation is 1. The zero-order valence-electron chi connectivity index (χ0n) is 19.4. The Morgan fingerprint density at radius 2 is 1.67 bits per heavy atom. The van der Waals surface area contributed by atoms with E-state index in [9.17, 15) is 0 Å². The van der Waals surface area contributed by atoms with Crippen molar-refractivity contribution in [2.24, 2.45) is 5.41 Å². The lowest BCUT2D eigenvalue weighted by Gasteiger charge is -2.38. The van der Waals surface area contributed by atoms with Crippen LogP contribution in [0.1, 0.15) is 50.4 Å². The number of tetrazole rings is 1. The van der Waals surface area contributed by atoms with Crippen LogP contribution in [0.4, 0.5) is 0 Å². The third-order valence-electron chi connectivity index (χ3n) is 7.21. The number of nitrogens with zero attached hydrogens (tertiary/aromatic N) is 5. The molecule has 168 valence electrons. The van der Waals surface area contributed by atoms with Crippen LogP contribution in [-0.4, -0.2) is 25.2 Å². The predicted molar refractivity (Wildman–Crippen MR) is 128 cm³/mol. The van der Waals surface area contributed by atoms with Crippen LogP contribution in [-0.2, 0) is 18.6 Å². The Hall–Kier alpha value is -3.54. The zero-order valence-corrected chi connectivity index (χ0v) is 19.4. The molecule has 1 aliphatic carbocycles. The minimum absolute atomic E-state index is 0.0977. The zero-order chi connectivity index (χ0) is 22.9. The highest BCUT2D eigenvalue weighted by Gasteiger charge is 2.54. The van der Waals surface area contributed by atoms with Crippen molar-refractivity contribution >= 4 is 0 Å². The van der Waals surface area contributed by atoms with Crippen molar-refractivity contribution in [1.29, 1.82) is 0 Å². The molecule has 0 bridgehead atoms. The van der Waals surface area contributed by atoms with Gasteiger partial charge in [0.25, 0.3) is 0 Å². The number of benzene rings is 2. The van der Waals surface area contributed by atoms with Gasteiger partial charge in [0.15, 0.2) is 0 Å². The van der Waals surface area contributed by atoms with Gasteiger partial charge in [0.05, 0.1) is 12.2 Å². The van der Waals surface area contributed by atoms with Crippen LogP contribution in [0, 0.1) is 5.41 Å². The van der Waals surface area contributed by atoms with Gasteiger partial charge in [0.1, 0.15) is 12.4 Å². The molecule has 2 aromatic heterocycles. The number of pyridine rings is 1. The maximum absolute atomic E-state index is 5.96. The monoisotopic (exact) mass is 439 g/mol. The molecule has 6 heteroatoms. The van der Waals surface area contributed by atoms with Gasteiger partial charge >= 0.3 is 0 Å². The minimum atomic E-state index is -0.0977. The van der Waals surface area contributed by atoms with E-state index < -0.39 is 0 Å². The molecule has 6 nitrogen and oxygen atoms in total. The maximum Gasteiger partial charge on any atom is 0.204 e. The Balaban J connectivity index is 1.40. The number of aromatic nitrogens is 5. The van der Waals surface area contributed by atoms with Crippen molar-refractivity contribution in [2.45, 2.75) is 52.2 Å². The largest absolute Gasteiger partial charge is 0.487 e. The van der Waals surface area contributed by atoms with E-state index in [1.165, 1.54) is 24.0 Å². The Kier molecular flexibility index (Phi) is 5.44. The molecular weight excluding hydrogens is 410 g/mol. The molecule has 2 heterocycles. The summed E-state index contributed by atoms with van der Waals surface area (Å²) in [6, 6.07) is 23.1. The van der Waals surface area contributed by atoms with Gasteiger partial charge in [0, 0.05) is 17.2 Å². The summed E-state index contributed by atoms with van der Waals surface area (Å²) < 4.78 is 5.96. The van der Waals surface area contributed by atoms with Crippen molar-refractivity contribution < 1.29 is 4.74 Å². The van der Waals surface area contributed by atoms with Gasteiger partial charge in [-0.25, -0.2) is 0 Å². The molecule has 0 amide bonds. The van der Waals surface area contributed by atoms with Gasteiger partial charge in [0.2, 0.25) is 5.82 Å². The molecule has 0 N–H and O–H groups in total. The lowest BCUT2D eigenvalue weighted by Crippen LogP contribution is -2.33. The molecule has 0 saturated heterocycles. The quantitative estimate of drug-likeness (QED) is 0.366. The normalized spacial score (nSPS) is 16.2. The van der Waals surface area contributed by atoms with E-state index in [2.05, 4.69) is 82.8 Å². The van der Waals surface area contributed by atoms with Crippen molar-refractivity contribution in [3.05, 3.63) is 89.7 Å². The second-order valence-electron chi connectivity index (χ2n) is 9.20. The van der Waals surface area contributed by atoms with Crippen LogP contribution in [0.3, 0.4) is 0 Å². The van der Waals surface area contributed by atoms with E-state index in [1.54, 1.807) is 11.0 Å². The highest BCUT2D eigenvalue weighted by Crippen LogP contribution is 2.61. The standard InChI is InChI=1S/C27H29N5O/c1-4-32-30-25(29-31-32)20-8-10-21(11-9-20)27(3,26(2)16-17-26)22-12-14-24(15-13-22)33-19-23-7-5-6-18-28-23/h5-15,18H,4,16-17,19H2,1-3H3. The van der Waals surface area contributed by atoms with Crippen LogP contribution in [0.25, 0.3) is 11.4 Å². The average Bonchev–Trinajstić information content (AvgIpc) is 3.44. The fourth-order valence-electron chi connectivity index (χ4n) is 4.52. The molecular formula is C27H29N5O. The maximum atomic E-state index is 5.96. The highest BCUT2D eigenvalue weighted by atomic mass is 16.5. The summed E-state index contributed by atoms with van der Waals surface area (Å²) in [5.74, 6) is 1.52. The molecule has 0 radical (unpaired) electrons. The number of hydrogen-bond donors (Lipinski definition) is 0. The van der Waals surface area contributed by atoms with Crippen molar-refractivity contribution in [2.75, 3.05) is 0 Å². The van der Waals surface area contributed by atoms with Crippen LogP contribution in [0.5, 0.6) is 5.75 Å². The number of ether oxygens (including phenoxy) is 1. The molecule has 1 atom stereocenters. The van der Waals surface area contributed by atoms with Gasteiger partial charge in [-0.15, -0.1) is 10.2 Å². The topological polar surface area (TPSA) is 65.7 Å². The summed E-state index contributed by atoms with van der Waals surface area (Å²) in [4.78, 5) is 5.93. The van der Waals surface area contributed by atoms with Gasteiger partial charge in [-0.1, -0.05) is 56.3 Å². The van der Waals surface area contributed by atoms with Gasteiger partial charge < -0.3 is 4.74 Å². The number of hydrogen-bond acceptors (Lipinski definition) is 5. The summed E-state index contributed by atoms with van der Waals surface area (Å²) in [5.41, 5.74) is 4.64. The van der Waals surface area contributed by atoms with E-state index >= 15 is 0 Å². The Bertz CT molecular complexity index is 1210. The first-order chi connectivity index (χ1) is 16.0. The van der Waals surface area contributed by atoms with Crippen molar-refractivity contribution in [3.8, 4) is 17.1 Å². The third-order valence-corrected chi connectivity index (χ3v) is 7.21. The second kappa shape index (κ2) is 8.43. The Morgan fingerprint density at radius 1 is 0.970 bits per heavy atom. The van der Waals surface area contributed by atoms with Crippen LogP contribution < -0.4 is 4.74 Å². The molecule has 1 fully saturated rings. The van der Waals surface area contributed by atoms with E-state index in [0.29, 0.717) is 19.0 Å². The molecule has 4 aromatic rings. The molecule has 5 rings (SSSR count). The van der Waals surface area contributed by atoms with Crippen molar-refractivity contribution in [3.63, 3.8) is 0 Å². The lowest BCUT2D eigenvalue weighted by atomic mass is 9.65.